The summed E-state index contributed by atoms with van der Waals surface area (Å²) in [5, 5.41) is 3.40. The minimum atomic E-state index is 0.817. The molecule has 1 aromatic carbocycles. The van der Waals surface area contributed by atoms with Gasteiger partial charge in [-0.05, 0) is 31.5 Å². The van der Waals surface area contributed by atoms with Gasteiger partial charge in [0.15, 0.2) is 0 Å². The van der Waals surface area contributed by atoms with Gasteiger partial charge in [-0.2, -0.15) is 0 Å². The van der Waals surface area contributed by atoms with E-state index in [0.29, 0.717) is 0 Å². The van der Waals surface area contributed by atoms with Gasteiger partial charge in [-0.1, -0.05) is 12.1 Å². The highest BCUT2D eigenvalue weighted by Gasteiger charge is 2.01. The lowest BCUT2D eigenvalue weighted by atomic mass is 10.2. The van der Waals surface area contributed by atoms with Crippen molar-refractivity contribution in [3.8, 4) is 0 Å². The summed E-state index contributed by atoms with van der Waals surface area (Å²) in [6.45, 7) is 8.16. The lowest BCUT2D eigenvalue weighted by molar-refractivity contribution is 0.682. The molecule has 0 saturated carbocycles. The van der Waals surface area contributed by atoms with E-state index in [-0.39, 0.29) is 0 Å². The zero-order valence-corrected chi connectivity index (χ0v) is 11.7. The number of H-pyrrole nitrogens is 1. The van der Waals surface area contributed by atoms with E-state index in [1.165, 1.54) is 11.3 Å². The minimum absolute atomic E-state index is 0.817. The first-order chi connectivity index (χ1) is 9.33. The standard InChI is InChI=1S/C15H22N4/c1-3-19(4-2)15-7-5-13(6-8-15)9-16-10-14-11-17-12-18-14/h5-8,11-12,16H,3-4,9-10H2,1-2H3,(H,17,18). The van der Waals surface area contributed by atoms with Crippen molar-refractivity contribution < 1.29 is 0 Å². The SMILES string of the molecule is CCN(CC)c1ccc(CNCc2cnc[nH]2)cc1. The molecule has 102 valence electrons. The number of nitrogens with zero attached hydrogens (tertiary/aromatic N) is 2. The van der Waals surface area contributed by atoms with Crippen LogP contribution in [0.4, 0.5) is 5.69 Å². The van der Waals surface area contributed by atoms with Crippen LogP contribution in [0.5, 0.6) is 0 Å². The van der Waals surface area contributed by atoms with Crippen LogP contribution in [0.1, 0.15) is 25.1 Å². The van der Waals surface area contributed by atoms with Crippen LogP contribution in [0.2, 0.25) is 0 Å². The summed E-state index contributed by atoms with van der Waals surface area (Å²) in [5.41, 5.74) is 3.71. The van der Waals surface area contributed by atoms with Crippen molar-refractivity contribution in [3.05, 3.63) is 48.0 Å². The molecule has 0 amide bonds. The molecule has 0 aliphatic heterocycles. The Morgan fingerprint density at radius 1 is 1.11 bits per heavy atom. The lowest BCUT2D eigenvalue weighted by Gasteiger charge is -2.21. The van der Waals surface area contributed by atoms with Gasteiger partial charge in [-0.25, -0.2) is 4.98 Å². The second-order valence-electron chi connectivity index (χ2n) is 4.52. The van der Waals surface area contributed by atoms with Crippen LogP contribution in [-0.2, 0) is 13.1 Å². The topological polar surface area (TPSA) is 44.0 Å². The van der Waals surface area contributed by atoms with Crippen LogP contribution in [0.25, 0.3) is 0 Å². The molecule has 2 rings (SSSR count). The number of imidazole rings is 1. The molecule has 0 aliphatic rings. The molecule has 2 N–H and O–H groups in total. The fourth-order valence-corrected chi connectivity index (χ4v) is 2.14. The summed E-state index contributed by atoms with van der Waals surface area (Å²) in [5.74, 6) is 0. The van der Waals surface area contributed by atoms with Crippen molar-refractivity contribution in [2.24, 2.45) is 0 Å². The van der Waals surface area contributed by atoms with E-state index >= 15 is 0 Å². The van der Waals surface area contributed by atoms with Crippen molar-refractivity contribution in [3.63, 3.8) is 0 Å². The molecule has 1 aromatic heterocycles. The molecule has 2 aromatic rings. The highest BCUT2D eigenvalue weighted by atomic mass is 15.1. The van der Waals surface area contributed by atoms with E-state index in [4.69, 9.17) is 0 Å². The normalized spacial score (nSPS) is 10.6. The third kappa shape index (κ3) is 3.83. The van der Waals surface area contributed by atoms with Gasteiger partial charge in [-0.3, -0.25) is 0 Å². The number of benzene rings is 1. The minimum Gasteiger partial charge on any atom is -0.372 e. The van der Waals surface area contributed by atoms with Gasteiger partial charge in [0.1, 0.15) is 0 Å². The molecule has 0 saturated heterocycles. The Morgan fingerprint density at radius 3 is 2.42 bits per heavy atom. The lowest BCUT2D eigenvalue weighted by Crippen LogP contribution is -2.21. The van der Waals surface area contributed by atoms with Crippen molar-refractivity contribution >= 4 is 5.69 Å². The third-order valence-electron chi connectivity index (χ3n) is 3.26. The van der Waals surface area contributed by atoms with Gasteiger partial charge >= 0.3 is 0 Å². The number of nitrogens with one attached hydrogen (secondary N) is 2. The van der Waals surface area contributed by atoms with Gasteiger partial charge in [0.2, 0.25) is 0 Å². The van der Waals surface area contributed by atoms with Crippen molar-refractivity contribution in [2.75, 3.05) is 18.0 Å². The third-order valence-corrected chi connectivity index (χ3v) is 3.26. The molecule has 0 aliphatic carbocycles. The Labute approximate surface area is 114 Å². The van der Waals surface area contributed by atoms with Gasteiger partial charge < -0.3 is 15.2 Å². The predicted molar refractivity (Wildman–Crippen MR) is 79.1 cm³/mol. The Morgan fingerprint density at radius 2 is 1.84 bits per heavy atom. The van der Waals surface area contributed by atoms with Crippen LogP contribution < -0.4 is 10.2 Å². The second-order valence-corrected chi connectivity index (χ2v) is 4.52. The quantitative estimate of drug-likeness (QED) is 0.802. The summed E-state index contributed by atoms with van der Waals surface area (Å²) < 4.78 is 0. The summed E-state index contributed by atoms with van der Waals surface area (Å²) in [6.07, 6.45) is 3.55. The number of hydrogen-bond acceptors (Lipinski definition) is 3. The van der Waals surface area contributed by atoms with Gasteiger partial charge in [0.25, 0.3) is 0 Å². The van der Waals surface area contributed by atoms with E-state index in [1.807, 2.05) is 6.20 Å². The molecule has 0 spiro atoms. The van der Waals surface area contributed by atoms with Gasteiger partial charge in [0.05, 0.1) is 6.33 Å². The molecule has 1 heterocycles. The largest absolute Gasteiger partial charge is 0.372 e. The molecular formula is C15H22N4. The number of aromatic amines is 1. The first-order valence-electron chi connectivity index (χ1n) is 6.85. The van der Waals surface area contributed by atoms with E-state index in [1.54, 1.807) is 6.33 Å². The summed E-state index contributed by atoms with van der Waals surface area (Å²) >= 11 is 0. The number of anilines is 1. The fourth-order valence-electron chi connectivity index (χ4n) is 2.14. The van der Waals surface area contributed by atoms with E-state index in [9.17, 15) is 0 Å². The average Bonchev–Trinajstić information content (AvgIpc) is 2.95. The van der Waals surface area contributed by atoms with Crippen LogP contribution in [-0.4, -0.2) is 23.1 Å². The highest BCUT2D eigenvalue weighted by molar-refractivity contribution is 5.47. The Kier molecular flexibility index (Phi) is 4.98. The predicted octanol–water partition coefficient (Wildman–Crippen LogP) is 2.55. The van der Waals surface area contributed by atoms with Crippen LogP contribution in [0, 0.1) is 0 Å². The first-order valence-corrected chi connectivity index (χ1v) is 6.85. The van der Waals surface area contributed by atoms with Crippen LogP contribution in [0.3, 0.4) is 0 Å². The summed E-state index contributed by atoms with van der Waals surface area (Å²) in [6, 6.07) is 8.77. The van der Waals surface area contributed by atoms with Crippen LogP contribution >= 0.6 is 0 Å². The maximum absolute atomic E-state index is 4.00. The van der Waals surface area contributed by atoms with E-state index in [0.717, 1.165) is 31.9 Å². The maximum atomic E-state index is 4.00. The van der Waals surface area contributed by atoms with Crippen LogP contribution in [0.15, 0.2) is 36.8 Å². The molecule has 4 nitrogen and oxygen atoms in total. The molecule has 0 atom stereocenters. The fraction of sp³-hybridized carbons (Fsp3) is 0.400. The molecule has 0 unspecified atom stereocenters. The molecule has 4 heteroatoms. The average molecular weight is 258 g/mol. The Balaban J connectivity index is 1.84. The molecule has 19 heavy (non-hydrogen) atoms. The van der Waals surface area contributed by atoms with E-state index < -0.39 is 0 Å². The number of rotatable bonds is 7. The Hall–Kier alpha value is -1.81. The number of aromatic nitrogens is 2. The van der Waals surface area contributed by atoms with Crippen molar-refractivity contribution in [2.45, 2.75) is 26.9 Å². The molecule has 0 fully saturated rings. The molecule has 0 bridgehead atoms. The van der Waals surface area contributed by atoms with Gasteiger partial charge in [0, 0.05) is 43.8 Å². The first kappa shape index (κ1) is 13.6. The monoisotopic (exact) mass is 258 g/mol. The Bertz CT molecular complexity index is 457. The maximum Gasteiger partial charge on any atom is 0.0922 e. The van der Waals surface area contributed by atoms with Crippen molar-refractivity contribution in [1.29, 1.82) is 0 Å². The highest BCUT2D eigenvalue weighted by Crippen LogP contribution is 2.14. The zero-order valence-electron chi connectivity index (χ0n) is 11.7. The summed E-state index contributed by atoms with van der Waals surface area (Å²) in [7, 11) is 0. The van der Waals surface area contributed by atoms with Gasteiger partial charge in [-0.15, -0.1) is 0 Å². The number of hydrogen-bond donors (Lipinski definition) is 2. The zero-order chi connectivity index (χ0) is 13.5. The smallest absolute Gasteiger partial charge is 0.0922 e. The second kappa shape index (κ2) is 6.95. The summed E-state index contributed by atoms with van der Waals surface area (Å²) in [4.78, 5) is 9.43. The van der Waals surface area contributed by atoms with E-state index in [2.05, 4.69) is 58.3 Å². The molecular weight excluding hydrogens is 236 g/mol. The molecule has 0 radical (unpaired) electrons. The van der Waals surface area contributed by atoms with Crippen molar-refractivity contribution in [1.82, 2.24) is 15.3 Å².